The number of thiol groups is 1. The van der Waals surface area contributed by atoms with Crippen LogP contribution in [0.5, 0.6) is 5.75 Å². The monoisotopic (exact) mass is 737 g/mol. The molecular formula is C35H48ClN3O10S. The Kier molecular flexibility index (Phi) is 12.6. The predicted molar refractivity (Wildman–Crippen MR) is 189 cm³/mol. The van der Waals surface area contributed by atoms with Crippen molar-refractivity contribution in [2.24, 2.45) is 5.92 Å². The van der Waals surface area contributed by atoms with Gasteiger partial charge in [-0.1, -0.05) is 42.3 Å². The first kappa shape index (κ1) is 39.5. The first-order valence-electron chi connectivity index (χ1n) is 16.4. The molecule has 4 bridgehead atoms. The Bertz CT molecular complexity index is 1540. The van der Waals surface area contributed by atoms with Gasteiger partial charge in [-0.2, -0.15) is 12.6 Å². The summed E-state index contributed by atoms with van der Waals surface area (Å²) in [6, 6.07) is 2.60. The molecule has 0 radical (unpaired) electrons. The summed E-state index contributed by atoms with van der Waals surface area (Å²) in [7, 11) is 5.98. The van der Waals surface area contributed by atoms with E-state index >= 15 is 0 Å². The minimum Gasteiger partial charge on any atom is -0.495 e. The lowest BCUT2D eigenvalue weighted by atomic mass is 9.83. The fourth-order valence-electron chi connectivity index (χ4n) is 6.49. The number of carbonyl (C=O) groups is 4. The number of fused-ring (bicyclic) bond motifs is 5. The molecule has 0 saturated carbocycles. The number of aliphatic hydroxyl groups is 1. The molecule has 15 heteroatoms. The van der Waals surface area contributed by atoms with Crippen molar-refractivity contribution >= 4 is 53.8 Å². The van der Waals surface area contributed by atoms with Crippen molar-refractivity contribution in [2.45, 2.75) is 95.2 Å². The molecule has 0 spiro atoms. The van der Waals surface area contributed by atoms with Gasteiger partial charge in [0.15, 0.2) is 5.72 Å². The zero-order valence-electron chi connectivity index (χ0n) is 29.7. The lowest BCUT2D eigenvalue weighted by molar-refractivity contribution is -0.161. The van der Waals surface area contributed by atoms with E-state index in [4.69, 9.17) is 35.3 Å². The van der Waals surface area contributed by atoms with E-state index in [9.17, 15) is 24.3 Å². The fourth-order valence-corrected chi connectivity index (χ4v) is 6.99. The number of rotatable bonds is 7. The molecule has 2 N–H and O–H groups in total. The van der Waals surface area contributed by atoms with Gasteiger partial charge in [-0.3, -0.25) is 14.9 Å². The number of amides is 3. The Morgan fingerprint density at radius 3 is 2.62 bits per heavy atom. The van der Waals surface area contributed by atoms with E-state index in [1.807, 2.05) is 13.0 Å². The van der Waals surface area contributed by atoms with Crippen LogP contribution in [0.4, 0.5) is 10.5 Å². The number of hydrogen-bond donors (Lipinski definition) is 3. The number of esters is 1. The largest absolute Gasteiger partial charge is 0.495 e. The molecule has 3 heterocycles. The highest BCUT2D eigenvalue weighted by Gasteiger charge is 2.64. The first-order valence-corrected chi connectivity index (χ1v) is 17.5. The normalized spacial score (nSPS) is 32.3. The zero-order chi connectivity index (χ0) is 37.1. The van der Waals surface area contributed by atoms with Crippen LogP contribution in [0.15, 0.2) is 35.9 Å². The number of allylic oxidation sites excluding steroid dienone is 3. The number of carbonyl (C=O) groups excluding carboxylic acids is 4. The van der Waals surface area contributed by atoms with Crippen LogP contribution < -0.4 is 15.0 Å². The second-order valence-corrected chi connectivity index (χ2v) is 14.2. The van der Waals surface area contributed by atoms with E-state index in [0.29, 0.717) is 23.6 Å². The quantitative estimate of drug-likeness (QED) is 0.214. The lowest BCUT2D eigenvalue weighted by Crippen LogP contribution is -2.63. The molecule has 276 valence electrons. The zero-order valence-corrected chi connectivity index (χ0v) is 31.4. The molecule has 2 saturated heterocycles. The van der Waals surface area contributed by atoms with E-state index in [0.717, 1.165) is 11.1 Å². The average Bonchev–Trinajstić information content (AvgIpc) is 3.76. The summed E-state index contributed by atoms with van der Waals surface area (Å²) in [5, 5.41) is 14.4. The molecule has 3 aliphatic heterocycles. The number of halogens is 1. The number of anilines is 1. The van der Waals surface area contributed by atoms with E-state index in [-0.39, 0.29) is 30.2 Å². The topological polar surface area (TPSA) is 156 Å². The standard InChI is InChI=1S/C35H48ClN3O10S/c1-19-10-9-11-26(46-8)35(44)18-25(47-33(43)37-35)20(2)31-34(4,49-31)27(48-32(42)21(3)38(5)28(40)12-13-50)17-29(41)39(6)23-15-22(14-19)16-24(45-7)30(23)36/h9-11,15-16,20-21,25-27,31,44,50H,12-14,17-18H2,1-8H3,(H,37,43)/b11-9+,19-10+/t20-,21+,25+,26?,27+,31+,34?,35+/m1/s1. The molecule has 0 aromatic heterocycles. The molecule has 1 aromatic carbocycles. The minimum atomic E-state index is -1.82. The number of nitrogens with one attached hydrogen (secondary N) is 1. The van der Waals surface area contributed by atoms with E-state index in [2.05, 4.69) is 17.9 Å². The SMILES string of the molecule is COc1cc2cc(c1Cl)N(C)C(=O)C[C@H](OC(=O)[C@H](C)N(C)C(=O)CCS)C1(C)O[C@H]1[C@H](C)[C@@H]1C[C@@](O)(NC(=O)O1)C(OC)/C=C/C=C(\C)C2. The molecule has 2 fully saturated rings. The third-order valence-corrected chi connectivity index (χ3v) is 10.5. The maximum Gasteiger partial charge on any atom is 0.409 e. The lowest BCUT2D eigenvalue weighted by Gasteiger charge is -2.42. The van der Waals surface area contributed by atoms with Gasteiger partial charge in [-0.25, -0.2) is 9.59 Å². The number of likely N-dealkylation sites (N-methyl/N-ethyl adjacent to an activating group) is 1. The molecule has 2 unspecified atom stereocenters. The van der Waals surface area contributed by atoms with Crippen molar-refractivity contribution in [3.05, 3.63) is 46.5 Å². The Morgan fingerprint density at radius 2 is 1.98 bits per heavy atom. The number of ether oxygens (including phenoxy) is 5. The van der Waals surface area contributed by atoms with Crippen LogP contribution in [0.2, 0.25) is 5.02 Å². The van der Waals surface area contributed by atoms with Crippen molar-refractivity contribution in [2.75, 3.05) is 39.0 Å². The summed E-state index contributed by atoms with van der Waals surface area (Å²) in [6.45, 7) is 6.96. The van der Waals surface area contributed by atoms with Gasteiger partial charge < -0.3 is 38.6 Å². The van der Waals surface area contributed by atoms with Crippen LogP contribution in [-0.4, -0.2) is 110 Å². The summed E-state index contributed by atoms with van der Waals surface area (Å²) in [5.41, 5.74) is -0.903. The van der Waals surface area contributed by atoms with Crippen molar-refractivity contribution in [3.63, 3.8) is 0 Å². The van der Waals surface area contributed by atoms with Crippen LogP contribution in [0, 0.1) is 5.92 Å². The van der Waals surface area contributed by atoms with E-state index < -0.39 is 65.7 Å². The molecule has 4 rings (SSSR count). The van der Waals surface area contributed by atoms with Crippen LogP contribution in [-0.2, 0) is 39.8 Å². The maximum atomic E-state index is 14.0. The number of methoxy groups -OCH3 is 2. The third-order valence-electron chi connectivity index (χ3n) is 9.85. The van der Waals surface area contributed by atoms with Gasteiger partial charge >= 0.3 is 12.1 Å². The fraction of sp³-hybridized carbons (Fsp3) is 0.600. The van der Waals surface area contributed by atoms with E-state index in [1.54, 1.807) is 45.2 Å². The van der Waals surface area contributed by atoms with E-state index in [1.165, 1.54) is 38.0 Å². The number of alkyl carbamates (subject to hydrolysis) is 1. The molecule has 3 aliphatic rings. The Hall–Kier alpha value is -3.30. The summed E-state index contributed by atoms with van der Waals surface area (Å²) in [4.78, 5) is 55.6. The van der Waals surface area contributed by atoms with Gasteiger partial charge in [0.2, 0.25) is 11.8 Å². The highest BCUT2D eigenvalue weighted by Crippen LogP contribution is 2.49. The molecule has 8 atom stereocenters. The number of hydrogen-bond acceptors (Lipinski definition) is 11. The Balaban J connectivity index is 1.78. The molecule has 1 aromatic rings. The van der Waals surface area contributed by atoms with Gasteiger partial charge in [-0.05, 0) is 50.6 Å². The summed E-state index contributed by atoms with van der Waals surface area (Å²) >= 11 is 10.8. The highest BCUT2D eigenvalue weighted by atomic mass is 35.5. The Morgan fingerprint density at radius 1 is 1.28 bits per heavy atom. The maximum absolute atomic E-state index is 14.0. The first-order chi connectivity index (χ1) is 23.5. The van der Waals surface area contributed by atoms with Crippen LogP contribution >= 0.6 is 24.2 Å². The van der Waals surface area contributed by atoms with Crippen LogP contribution in [0.25, 0.3) is 0 Å². The third kappa shape index (κ3) is 8.42. The van der Waals surface area contributed by atoms with Crippen molar-refractivity contribution in [1.82, 2.24) is 10.2 Å². The van der Waals surface area contributed by atoms with Crippen molar-refractivity contribution in [3.8, 4) is 5.75 Å². The average molecular weight is 738 g/mol. The molecule has 50 heavy (non-hydrogen) atoms. The predicted octanol–water partition coefficient (Wildman–Crippen LogP) is 3.83. The van der Waals surface area contributed by atoms with Gasteiger partial charge in [0, 0.05) is 40.0 Å². The van der Waals surface area contributed by atoms with Crippen LogP contribution in [0.3, 0.4) is 0 Å². The molecule has 0 aliphatic carbocycles. The second-order valence-electron chi connectivity index (χ2n) is 13.4. The smallest absolute Gasteiger partial charge is 0.409 e. The highest BCUT2D eigenvalue weighted by molar-refractivity contribution is 7.80. The molecule has 3 amide bonds. The summed E-state index contributed by atoms with van der Waals surface area (Å²) in [5.74, 6) is -1.30. The summed E-state index contributed by atoms with van der Waals surface area (Å²) in [6.07, 6.45) is 1.08. The van der Waals surface area contributed by atoms with Crippen molar-refractivity contribution in [1.29, 1.82) is 0 Å². The number of nitrogens with zero attached hydrogens (tertiary/aromatic N) is 2. The second kappa shape index (κ2) is 15.9. The minimum absolute atomic E-state index is 0.0489. The van der Waals surface area contributed by atoms with Crippen molar-refractivity contribution < 1.29 is 48.0 Å². The number of benzene rings is 1. The summed E-state index contributed by atoms with van der Waals surface area (Å²) < 4.78 is 29.0. The van der Waals surface area contributed by atoms with Gasteiger partial charge in [0.25, 0.3) is 0 Å². The van der Waals surface area contributed by atoms with Crippen LogP contribution in [0.1, 0.15) is 52.5 Å². The van der Waals surface area contributed by atoms with Gasteiger partial charge in [0.1, 0.15) is 40.7 Å². The van der Waals surface area contributed by atoms with Gasteiger partial charge in [-0.15, -0.1) is 0 Å². The number of epoxide rings is 1. The Labute approximate surface area is 303 Å². The van der Waals surface area contributed by atoms with Gasteiger partial charge in [0.05, 0.1) is 25.3 Å². The molecule has 13 nitrogen and oxygen atoms in total. The molecular weight excluding hydrogens is 690 g/mol.